The quantitative estimate of drug-likeness (QED) is 0.275. The van der Waals surface area contributed by atoms with Gasteiger partial charge >= 0.3 is 0 Å². The number of halogens is 1. The summed E-state index contributed by atoms with van der Waals surface area (Å²) in [5.41, 5.74) is 2.74. The molecule has 2 heterocycles. The number of phenols is 1. The Kier molecular flexibility index (Phi) is 7.86. The summed E-state index contributed by atoms with van der Waals surface area (Å²) < 4.78 is 19.2. The third-order valence-electron chi connectivity index (χ3n) is 6.33. The van der Waals surface area contributed by atoms with E-state index >= 15 is 0 Å². The minimum atomic E-state index is -1.25. The third-order valence-corrected chi connectivity index (χ3v) is 6.33. The Bertz CT molecular complexity index is 1660. The highest BCUT2D eigenvalue weighted by Crippen LogP contribution is 2.31. The Labute approximate surface area is 235 Å². The number of nitrogens with one attached hydrogen (secondary N) is 1. The summed E-state index contributed by atoms with van der Waals surface area (Å²) in [6, 6.07) is 21.3. The number of aromatic nitrogens is 4. The van der Waals surface area contributed by atoms with Crippen LogP contribution in [0.4, 0.5) is 10.1 Å². The smallest absolute Gasteiger partial charge is 0.251 e. The van der Waals surface area contributed by atoms with Gasteiger partial charge in [-0.2, -0.15) is 4.80 Å². The first-order chi connectivity index (χ1) is 19.8. The number of rotatable bonds is 9. The van der Waals surface area contributed by atoms with Gasteiger partial charge in [-0.3, -0.25) is 14.5 Å². The van der Waals surface area contributed by atoms with E-state index in [9.17, 15) is 19.1 Å². The first-order valence-corrected chi connectivity index (χ1v) is 12.8. The molecule has 5 aromatic rings. The molecule has 10 nitrogen and oxygen atoms in total. The molecule has 5 rings (SSSR count). The van der Waals surface area contributed by atoms with Crippen molar-refractivity contribution in [3.8, 4) is 17.1 Å². The van der Waals surface area contributed by atoms with Gasteiger partial charge in [-0.1, -0.05) is 48.0 Å². The van der Waals surface area contributed by atoms with Crippen LogP contribution in [-0.4, -0.2) is 37.1 Å². The average Bonchev–Trinajstić information content (AvgIpc) is 3.60. The number of furan rings is 1. The van der Waals surface area contributed by atoms with Gasteiger partial charge < -0.3 is 14.8 Å². The van der Waals surface area contributed by atoms with E-state index in [2.05, 4.69) is 20.7 Å². The molecule has 0 saturated carbocycles. The van der Waals surface area contributed by atoms with Crippen molar-refractivity contribution < 1.29 is 23.5 Å². The van der Waals surface area contributed by atoms with E-state index in [-0.39, 0.29) is 30.3 Å². The van der Waals surface area contributed by atoms with Gasteiger partial charge in [-0.15, -0.1) is 10.2 Å². The maximum atomic E-state index is 13.9. The summed E-state index contributed by atoms with van der Waals surface area (Å²) in [6.45, 7) is 3.43. The number of benzene rings is 3. The zero-order valence-electron chi connectivity index (χ0n) is 22.4. The highest BCUT2D eigenvalue weighted by molar-refractivity contribution is 6.01. The Morgan fingerprint density at radius 1 is 1.02 bits per heavy atom. The van der Waals surface area contributed by atoms with E-state index < -0.39 is 23.7 Å². The highest BCUT2D eigenvalue weighted by atomic mass is 19.1. The van der Waals surface area contributed by atoms with Gasteiger partial charge in [0.1, 0.15) is 29.6 Å². The van der Waals surface area contributed by atoms with Crippen LogP contribution >= 0.6 is 0 Å². The molecule has 0 bridgehead atoms. The van der Waals surface area contributed by atoms with Gasteiger partial charge in [0.25, 0.3) is 11.8 Å². The van der Waals surface area contributed by atoms with E-state index in [0.29, 0.717) is 17.1 Å². The monoisotopic (exact) mass is 554 g/mol. The van der Waals surface area contributed by atoms with Crippen molar-refractivity contribution in [2.24, 2.45) is 0 Å². The van der Waals surface area contributed by atoms with Gasteiger partial charge in [0.15, 0.2) is 6.04 Å². The molecular weight excluding hydrogens is 527 g/mol. The van der Waals surface area contributed by atoms with E-state index in [1.54, 1.807) is 43.3 Å². The first-order valence-electron chi connectivity index (χ1n) is 12.8. The first kappa shape index (κ1) is 27.3. The van der Waals surface area contributed by atoms with E-state index in [4.69, 9.17) is 4.42 Å². The second kappa shape index (κ2) is 11.8. The number of carbonyl (C=O) groups excluding carboxylic acids is 2. The number of anilines is 1. The van der Waals surface area contributed by atoms with Gasteiger partial charge in [-0.05, 0) is 61.0 Å². The lowest BCUT2D eigenvalue weighted by atomic mass is 10.1. The number of tetrazole rings is 1. The summed E-state index contributed by atoms with van der Waals surface area (Å²) in [6.07, 6.45) is 0. The molecule has 41 heavy (non-hydrogen) atoms. The highest BCUT2D eigenvalue weighted by Gasteiger charge is 2.35. The fourth-order valence-corrected chi connectivity index (χ4v) is 4.27. The molecule has 0 aliphatic rings. The van der Waals surface area contributed by atoms with E-state index in [0.717, 1.165) is 15.9 Å². The fraction of sp³-hybridized carbons (Fsp3) is 0.167. The number of aryl methyl sites for hydroxylation is 2. The van der Waals surface area contributed by atoms with E-state index in [1.165, 1.54) is 29.2 Å². The molecule has 0 unspecified atom stereocenters. The average molecular weight is 555 g/mol. The lowest BCUT2D eigenvalue weighted by Gasteiger charge is -2.30. The normalized spacial score (nSPS) is 11.7. The second-order valence-corrected chi connectivity index (χ2v) is 9.49. The molecule has 0 aliphatic heterocycles. The van der Waals surface area contributed by atoms with Crippen LogP contribution in [0.2, 0.25) is 0 Å². The molecule has 2 N–H and O–H groups in total. The third kappa shape index (κ3) is 6.47. The minimum Gasteiger partial charge on any atom is -0.508 e. The lowest BCUT2D eigenvalue weighted by molar-refractivity contribution is -0.127. The molecular formula is C30H27FN6O4. The van der Waals surface area contributed by atoms with Crippen molar-refractivity contribution in [1.29, 1.82) is 0 Å². The number of amides is 2. The van der Waals surface area contributed by atoms with Crippen LogP contribution in [-0.2, 0) is 22.7 Å². The topological polar surface area (TPSA) is 126 Å². The largest absolute Gasteiger partial charge is 0.508 e. The molecule has 0 spiro atoms. The summed E-state index contributed by atoms with van der Waals surface area (Å²) in [5.74, 6) is -0.495. The molecule has 208 valence electrons. The summed E-state index contributed by atoms with van der Waals surface area (Å²) >= 11 is 0. The van der Waals surface area contributed by atoms with Gasteiger partial charge in [-0.25, -0.2) is 4.39 Å². The number of hydrogen-bond acceptors (Lipinski definition) is 7. The van der Waals surface area contributed by atoms with Crippen LogP contribution in [0, 0.1) is 19.7 Å². The van der Waals surface area contributed by atoms with Crippen molar-refractivity contribution in [2.75, 3.05) is 4.90 Å². The van der Waals surface area contributed by atoms with Crippen LogP contribution in [0.3, 0.4) is 0 Å². The molecule has 0 radical (unpaired) electrons. The Balaban J connectivity index is 1.47. The number of carbonyl (C=O) groups is 2. The predicted octanol–water partition coefficient (Wildman–Crippen LogP) is 4.49. The van der Waals surface area contributed by atoms with Crippen molar-refractivity contribution in [3.05, 3.63) is 113 Å². The molecule has 0 aliphatic carbocycles. The van der Waals surface area contributed by atoms with Crippen molar-refractivity contribution in [3.63, 3.8) is 0 Å². The molecule has 11 heteroatoms. The maximum absolute atomic E-state index is 13.9. The Hall–Kier alpha value is -5.32. The minimum absolute atomic E-state index is 0.0852. The standard InChI is InChI=1S/C30H27FN6O4/c1-19-6-11-22(12-7-19)29-33-35-36(34-29)18-27(39)37(24-4-3-5-25(38)16-24)28(26-15-8-20(2)41-26)30(40)32-17-21-9-13-23(31)14-10-21/h3-16,28,38H,17-18H2,1-2H3,(H,32,40)/t28-/m0/s1. The predicted molar refractivity (Wildman–Crippen MR) is 148 cm³/mol. The van der Waals surface area contributed by atoms with Crippen LogP contribution in [0.25, 0.3) is 11.4 Å². The summed E-state index contributed by atoms with van der Waals surface area (Å²) in [5, 5.41) is 25.5. The zero-order valence-corrected chi connectivity index (χ0v) is 22.4. The zero-order chi connectivity index (χ0) is 28.9. The molecule has 2 amide bonds. The molecule has 2 aromatic heterocycles. The number of nitrogens with zero attached hydrogens (tertiary/aromatic N) is 5. The van der Waals surface area contributed by atoms with Gasteiger partial charge in [0.2, 0.25) is 5.82 Å². The number of hydrogen-bond donors (Lipinski definition) is 2. The Morgan fingerprint density at radius 2 is 1.78 bits per heavy atom. The molecule has 3 aromatic carbocycles. The molecule has 1 atom stereocenters. The molecule has 0 fully saturated rings. The Morgan fingerprint density at radius 3 is 2.46 bits per heavy atom. The number of phenolic OH excluding ortho intramolecular Hbond substituents is 1. The fourth-order valence-electron chi connectivity index (χ4n) is 4.27. The van der Waals surface area contributed by atoms with Crippen molar-refractivity contribution in [2.45, 2.75) is 33.0 Å². The number of aromatic hydroxyl groups is 1. The van der Waals surface area contributed by atoms with Gasteiger partial charge in [0.05, 0.1) is 0 Å². The van der Waals surface area contributed by atoms with Crippen LogP contribution < -0.4 is 10.2 Å². The van der Waals surface area contributed by atoms with Crippen LogP contribution in [0.5, 0.6) is 5.75 Å². The van der Waals surface area contributed by atoms with Crippen LogP contribution in [0.15, 0.2) is 89.3 Å². The summed E-state index contributed by atoms with van der Waals surface area (Å²) in [4.78, 5) is 30.0. The second-order valence-electron chi connectivity index (χ2n) is 9.49. The van der Waals surface area contributed by atoms with Crippen LogP contribution in [0.1, 0.15) is 28.7 Å². The van der Waals surface area contributed by atoms with E-state index in [1.807, 2.05) is 31.2 Å². The lowest BCUT2D eigenvalue weighted by Crippen LogP contribution is -2.45. The summed E-state index contributed by atoms with van der Waals surface area (Å²) in [7, 11) is 0. The maximum Gasteiger partial charge on any atom is 0.251 e. The van der Waals surface area contributed by atoms with Crippen molar-refractivity contribution in [1.82, 2.24) is 25.5 Å². The van der Waals surface area contributed by atoms with Crippen molar-refractivity contribution >= 4 is 17.5 Å². The van der Waals surface area contributed by atoms with Gasteiger partial charge in [0, 0.05) is 23.9 Å². The SMILES string of the molecule is Cc1ccc(-c2nnn(CC(=O)N(c3cccc(O)c3)[C@H](C(=O)NCc3ccc(F)cc3)c3ccc(C)o3)n2)cc1. The molecule has 0 saturated heterocycles.